The molecule has 0 amide bonds. The number of aryl methyl sites for hydroxylation is 3. The first-order valence-electron chi connectivity index (χ1n) is 10.3. The molecule has 0 unspecified atom stereocenters. The van der Waals surface area contributed by atoms with E-state index in [1.54, 1.807) is 4.57 Å². The van der Waals surface area contributed by atoms with Crippen LogP contribution >= 0.6 is 0 Å². The lowest BCUT2D eigenvalue weighted by Gasteiger charge is -2.24. The van der Waals surface area contributed by atoms with Crippen LogP contribution in [0.25, 0.3) is 11.3 Å². The number of benzene rings is 2. The SMILES string of the molecule is CCOc1cc2c(cc1OCC)-c1cc(Oc3ccc(C)c(C)c3)nc(=O)n1CC2. The summed E-state index contributed by atoms with van der Waals surface area (Å²) in [7, 11) is 0. The molecule has 0 saturated heterocycles. The fraction of sp³-hybridized carbons (Fsp3) is 0.333. The summed E-state index contributed by atoms with van der Waals surface area (Å²) >= 11 is 0. The van der Waals surface area contributed by atoms with Crippen molar-refractivity contribution in [1.29, 1.82) is 0 Å². The largest absolute Gasteiger partial charge is 0.490 e. The van der Waals surface area contributed by atoms with Crippen molar-refractivity contribution in [3.05, 3.63) is 63.6 Å². The Morgan fingerprint density at radius 2 is 1.70 bits per heavy atom. The van der Waals surface area contributed by atoms with Crippen LogP contribution in [0.2, 0.25) is 0 Å². The lowest BCUT2D eigenvalue weighted by molar-refractivity contribution is 0.287. The van der Waals surface area contributed by atoms with E-state index in [0.717, 1.165) is 34.6 Å². The van der Waals surface area contributed by atoms with E-state index < -0.39 is 0 Å². The lowest BCUT2D eigenvalue weighted by Crippen LogP contribution is -2.28. The Bertz CT molecular complexity index is 1150. The number of nitrogens with zero attached hydrogens (tertiary/aromatic N) is 2. The standard InChI is InChI=1S/C24H26N2O4/c1-5-28-21-12-17-9-10-26-20(19(17)13-22(21)29-6-2)14-23(25-24(26)27)30-18-8-7-15(3)16(4)11-18/h7-8,11-14H,5-6,9-10H2,1-4H3. The van der Waals surface area contributed by atoms with E-state index in [2.05, 4.69) is 4.98 Å². The lowest BCUT2D eigenvalue weighted by atomic mass is 9.97. The van der Waals surface area contributed by atoms with Crippen molar-refractivity contribution in [3.8, 4) is 34.4 Å². The minimum Gasteiger partial charge on any atom is -0.490 e. The number of fused-ring (bicyclic) bond motifs is 3. The Kier molecular flexibility index (Phi) is 5.48. The van der Waals surface area contributed by atoms with Gasteiger partial charge in [0.25, 0.3) is 0 Å². The van der Waals surface area contributed by atoms with Crippen LogP contribution in [-0.4, -0.2) is 22.8 Å². The molecule has 1 aliphatic rings. The highest BCUT2D eigenvalue weighted by Crippen LogP contribution is 2.39. The third kappa shape index (κ3) is 3.77. The number of ether oxygens (including phenoxy) is 3. The molecule has 0 N–H and O–H groups in total. The van der Waals surface area contributed by atoms with Crippen molar-refractivity contribution in [2.24, 2.45) is 0 Å². The fourth-order valence-corrected chi connectivity index (χ4v) is 3.69. The highest BCUT2D eigenvalue weighted by molar-refractivity contribution is 5.70. The molecule has 0 spiro atoms. The first-order valence-corrected chi connectivity index (χ1v) is 10.3. The second kappa shape index (κ2) is 8.22. The third-order valence-electron chi connectivity index (χ3n) is 5.34. The monoisotopic (exact) mass is 406 g/mol. The van der Waals surface area contributed by atoms with Crippen LogP contribution in [0.3, 0.4) is 0 Å². The van der Waals surface area contributed by atoms with Crippen LogP contribution in [0.1, 0.15) is 30.5 Å². The van der Waals surface area contributed by atoms with E-state index in [1.165, 1.54) is 5.56 Å². The highest BCUT2D eigenvalue weighted by Gasteiger charge is 2.22. The summed E-state index contributed by atoms with van der Waals surface area (Å²) in [6, 6.07) is 11.6. The summed E-state index contributed by atoms with van der Waals surface area (Å²) < 4.78 is 19.2. The van der Waals surface area contributed by atoms with Crippen LogP contribution < -0.4 is 19.9 Å². The fourth-order valence-electron chi connectivity index (χ4n) is 3.69. The quantitative estimate of drug-likeness (QED) is 0.595. The first-order chi connectivity index (χ1) is 14.5. The van der Waals surface area contributed by atoms with Gasteiger partial charge in [-0.05, 0) is 75.1 Å². The van der Waals surface area contributed by atoms with Crippen LogP contribution in [0.5, 0.6) is 23.1 Å². The summed E-state index contributed by atoms with van der Waals surface area (Å²) in [5, 5.41) is 0. The van der Waals surface area contributed by atoms with Crippen LogP contribution in [0.4, 0.5) is 0 Å². The van der Waals surface area contributed by atoms with Gasteiger partial charge in [0.2, 0.25) is 5.88 Å². The molecule has 1 aliphatic heterocycles. The Morgan fingerprint density at radius 3 is 2.40 bits per heavy atom. The zero-order valence-corrected chi connectivity index (χ0v) is 17.8. The van der Waals surface area contributed by atoms with Gasteiger partial charge in [-0.25, -0.2) is 4.79 Å². The van der Waals surface area contributed by atoms with Crippen molar-refractivity contribution in [2.75, 3.05) is 13.2 Å². The maximum absolute atomic E-state index is 12.7. The summed E-state index contributed by atoms with van der Waals surface area (Å²) in [6.45, 7) is 9.62. The van der Waals surface area contributed by atoms with Crippen molar-refractivity contribution in [1.82, 2.24) is 9.55 Å². The number of aromatic nitrogens is 2. The molecular weight excluding hydrogens is 380 g/mol. The van der Waals surface area contributed by atoms with Crippen molar-refractivity contribution in [3.63, 3.8) is 0 Å². The highest BCUT2D eigenvalue weighted by atomic mass is 16.5. The molecule has 0 bridgehead atoms. The molecule has 0 aliphatic carbocycles. The van der Waals surface area contributed by atoms with Gasteiger partial charge in [-0.2, -0.15) is 4.98 Å². The van der Waals surface area contributed by atoms with Gasteiger partial charge in [0.15, 0.2) is 11.5 Å². The molecule has 0 atom stereocenters. The van der Waals surface area contributed by atoms with Crippen molar-refractivity contribution in [2.45, 2.75) is 40.7 Å². The molecule has 2 heterocycles. The van der Waals surface area contributed by atoms with E-state index >= 15 is 0 Å². The van der Waals surface area contributed by atoms with Gasteiger partial charge in [-0.1, -0.05) is 6.07 Å². The average molecular weight is 406 g/mol. The maximum Gasteiger partial charge on any atom is 0.351 e. The van der Waals surface area contributed by atoms with Gasteiger partial charge in [-0.15, -0.1) is 0 Å². The number of hydrogen-bond acceptors (Lipinski definition) is 5. The Morgan fingerprint density at radius 1 is 0.967 bits per heavy atom. The van der Waals surface area contributed by atoms with E-state index in [1.807, 2.05) is 64.1 Å². The minimum atomic E-state index is -0.316. The van der Waals surface area contributed by atoms with Crippen LogP contribution in [0.15, 0.2) is 41.2 Å². The molecule has 156 valence electrons. The first kappa shape index (κ1) is 20.0. The van der Waals surface area contributed by atoms with E-state index in [-0.39, 0.29) is 11.6 Å². The number of hydrogen-bond donors (Lipinski definition) is 0. The molecule has 4 rings (SSSR count). The van der Waals surface area contributed by atoms with Crippen molar-refractivity contribution < 1.29 is 14.2 Å². The van der Waals surface area contributed by atoms with Gasteiger partial charge in [0.05, 0.1) is 18.9 Å². The maximum atomic E-state index is 12.7. The Balaban J connectivity index is 1.78. The van der Waals surface area contributed by atoms with E-state index in [0.29, 0.717) is 31.3 Å². The second-order valence-corrected chi connectivity index (χ2v) is 7.33. The zero-order chi connectivity index (χ0) is 21.3. The smallest absolute Gasteiger partial charge is 0.351 e. The second-order valence-electron chi connectivity index (χ2n) is 7.33. The molecular formula is C24H26N2O4. The molecule has 6 nitrogen and oxygen atoms in total. The predicted molar refractivity (Wildman–Crippen MR) is 116 cm³/mol. The zero-order valence-electron chi connectivity index (χ0n) is 17.8. The van der Waals surface area contributed by atoms with Gasteiger partial charge >= 0.3 is 5.69 Å². The van der Waals surface area contributed by atoms with E-state index in [4.69, 9.17) is 14.2 Å². The van der Waals surface area contributed by atoms with Crippen molar-refractivity contribution >= 4 is 0 Å². The molecule has 0 saturated carbocycles. The molecule has 0 fully saturated rings. The van der Waals surface area contributed by atoms with Crippen LogP contribution in [0, 0.1) is 13.8 Å². The Hall–Kier alpha value is -3.28. The Labute approximate surface area is 176 Å². The average Bonchev–Trinajstić information content (AvgIpc) is 2.71. The van der Waals surface area contributed by atoms with Gasteiger partial charge < -0.3 is 14.2 Å². The molecule has 0 radical (unpaired) electrons. The van der Waals surface area contributed by atoms with Gasteiger partial charge in [0, 0.05) is 18.2 Å². The molecule has 1 aromatic heterocycles. The van der Waals surface area contributed by atoms with Gasteiger partial charge in [0.1, 0.15) is 5.75 Å². The summed E-state index contributed by atoms with van der Waals surface area (Å²) in [6.07, 6.45) is 0.730. The topological polar surface area (TPSA) is 62.6 Å². The van der Waals surface area contributed by atoms with E-state index in [9.17, 15) is 4.79 Å². The summed E-state index contributed by atoms with van der Waals surface area (Å²) in [5.74, 6) is 2.35. The minimum absolute atomic E-state index is 0.286. The number of rotatable bonds is 6. The van der Waals surface area contributed by atoms with Gasteiger partial charge in [-0.3, -0.25) is 4.57 Å². The molecule has 30 heavy (non-hydrogen) atoms. The summed E-state index contributed by atoms with van der Waals surface area (Å²) in [5.41, 5.74) is 4.82. The molecule has 3 aromatic rings. The van der Waals surface area contributed by atoms with Crippen LogP contribution in [-0.2, 0) is 13.0 Å². The normalized spacial score (nSPS) is 12.1. The molecule has 2 aromatic carbocycles. The third-order valence-corrected chi connectivity index (χ3v) is 5.34. The predicted octanol–water partition coefficient (Wildman–Crippen LogP) is 4.67. The molecule has 6 heteroatoms. The summed E-state index contributed by atoms with van der Waals surface area (Å²) in [4.78, 5) is 16.8.